The summed E-state index contributed by atoms with van der Waals surface area (Å²) in [5, 5.41) is 7.15. The Balaban J connectivity index is 1.66. The van der Waals surface area contributed by atoms with E-state index in [1.165, 1.54) is 0 Å². The first-order chi connectivity index (χ1) is 10.2. The van der Waals surface area contributed by atoms with Crippen molar-refractivity contribution in [3.8, 4) is 0 Å². The van der Waals surface area contributed by atoms with Crippen molar-refractivity contribution in [2.75, 3.05) is 0 Å². The lowest BCUT2D eigenvalue weighted by atomic mass is 9.96. The fourth-order valence-electron chi connectivity index (χ4n) is 2.90. The predicted octanol–water partition coefficient (Wildman–Crippen LogP) is 2.49. The molecule has 0 saturated heterocycles. The van der Waals surface area contributed by atoms with Crippen molar-refractivity contribution in [1.29, 1.82) is 0 Å². The number of amides is 1. The van der Waals surface area contributed by atoms with E-state index in [1.807, 2.05) is 6.07 Å². The van der Waals surface area contributed by atoms with Crippen molar-refractivity contribution in [3.63, 3.8) is 0 Å². The molecule has 1 aliphatic carbocycles. The van der Waals surface area contributed by atoms with Crippen molar-refractivity contribution in [2.45, 2.75) is 51.0 Å². The molecule has 2 aromatic heterocycles. The van der Waals surface area contributed by atoms with Crippen LogP contribution in [-0.2, 0) is 16.8 Å². The Kier molecular flexibility index (Phi) is 3.77. The standard InChI is InChI=1S/C15H19N3O3/c1-11-16-14(18-21-11)15(7-2-3-8-15)17-13(19)5-4-12-6-9-20-10-12/h6,9-10H,2-5,7-8H2,1H3,(H,17,19). The minimum atomic E-state index is -0.453. The van der Waals surface area contributed by atoms with Gasteiger partial charge >= 0.3 is 0 Å². The van der Waals surface area contributed by atoms with Crippen molar-refractivity contribution in [3.05, 3.63) is 35.9 Å². The SMILES string of the molecule is Cc1nc(C2(NC(=O)CCc3ccoc3)CCCC2)no1. The molecule has 3 rings (SSSR count). The monoisotopic (exact) mass is 289 g/mol. The van der Waals surface area contributed by atoms with Gasteiger partial charge < -0.3 is 14.3 Å². The smallest absolute Gasteiger partial charge is 0.223 e. The van der Waals surface area contributed by atoms with E-state index in [0.717, 1.165) is 31.2 Å². The van der Waals surface area contributed by atoms with E-state index < -0.39 is 5.54 Å². The fraction of sp³-hybridized carbons (Fsp3) is 0.533. The van der Waals surface area contributed by atoms with E-state index in [4.69, 9.17) is 8.94 Å². The summed E-state index contributed by atoms with van der Waals surface area (Å²) in [7, 11) is 0. The molecule has 0 unspecified atom stereocenters. The van der Waals surface area contributed by atoms with Gasteiger partial charge in [-0.25, -0.2) is 0 Å². The molecule has 0 bridgehead atoms. The third kappa shape index (κ3) is 2.99. The number of aromatic nitrogens is 2. The lowest BCUT2D eigenvalue weighted by Gasteiger charge is -2.26. The van der Waals surface area contributed by atoms with Crippen LogP contribution in [0.2, 0.25) is 0 Å². The van der Waals surface area contributed by atoms with Crippen molar-refractivity contribution in [2.24, 2.45) is 0 Å². The van der Waals surface area contributed by atoms with Crippen LogP contribution < -0.4 is 5.32 Å². The Morgan fingerprint density at radius 3 is 2.86 bits per heavy atom. The number of carbonyl (C=O) groups is 1. The minimum Gasteiger partial charge on any atom is -0.472 e. The lowest BCUT2D eigenvalue weighted by Crippen LogP contribution is -2.44. The highest BCUT2D eigenvalue weighted by Crippen LogP contribution is 2.37. The third-order valence-corrected chi connectivity index (χ3v) is 4.01. The Morgan fingerprint density at radius 1 is 1.43 bits per heavy atom. The molecule has 1 fully saturated rings. The molecule has 1 amide bonds. The van der Waals surface area contributed by atoms with Gasteiger partial charge in [-0.3, -0.25) is 4.79 Å². The summed E-state index contributed by atoms with van der Waals surface area (Å²) in [5.41, 5.74) is 0.576. The average molecular weight is 289 g/mol. The number of rotatable bonds is 5. The molecule has 0 aromatic carbocycles. The summed E-state index contributed by atoms with van der Waals surface area (Å²) in [4.78, 5) is 16.6. The summed E-state index contributed by atoms with van der Waals surface area (Å²) in [6.07, 6.45) is 8.24. The molecule has 0 radical (unpaired) electrons. The van der Waals surface area contributed by atoms with Crippen LogP contribution in [0.3, 0.4) is 0 Å². The summed E-state index contributed by atoms with van der Waals surface area (Å²) >= 11 is 0. The van der Waals surface area contributed by atoms with Gasteiger partial charge in [-0.1, -0.05) is 18.0 Å². The summed E-state index contributed by atoms with van der Waals surface area (Å²) in [6.45, 7) is 1.76. The first-order valence-corrected chi connectivity index (χ1v) is 7.31. The van der Waals surface area contributed by atoms with Gasteiger partial charge in [0.05, 0.1) is 12.5 Å². The van der Waals surface area contributed by atoms with Gasteiger partial charge in [0.2, 0.25) is 11.8 Å². The number of aryl methyl sites for hydroxylation is 2. The molecule has 1 aliphatic rings. The Bertz CT molecular complexity index is 597. The quantitative estimate of drug-likeness (QED) is 0.914. The zero-order valence-corrected chi connectivity index (χ0v) is 12.1. The van der Waals surface area contributed by atoms with Gasteiger partial charge in [-0.05, 0) is 30.9 Å². The summed E-state index contributed by atoms with van der Waals surface area (Å²) in [5.74, 6) is 1.15. The van der Waals surface area contributed by atoms with Crippen LogP contribution in [0.5, 0.6) is 0 Å². The van der Waals surface area contributed by atoms with Crippen LogP contribution in [0.4, 0.5) is 0 Å². The van der Waals surface area contributed by atoms with E-state index in [0.29, 0.717) is 24.6 Å². The molecule has 21 heavy (non-hydrogen) atoms. The van der Waals surface area contributed by atoms with Crippen molar-refractivity contribution in [1.82, 2.24) is 15.5 Å². The van der Waals surface area contributed by atoms with Crippen molar-refractivity contribution >= 4 is 5.91 Å². The van der Waals surface area contributed by atoms with Gasteiger partial charge in [-0.2, -0.15) is 4.98 Å². The van der Waals surface area contributed by atoms with Crippen LogP contribution in [0.15, 0.2) is 27.5 Å². The topological polar surface area (TPSA) is 81.2 Å². The number of carbonyl (C=O) groups excluding carboxylic acids is 1. The zero-order valence-electron chi connectivity index (χ0n) is 12.1. The number of hydrogen-bond acceptors (Lipinski definition) is 5. The van der Waals surface area contributed by atoms with Crippen LogP contribution in [-0.4, -0.2) is 16.0 Å². The number of furan rings is 1. The Hall–Kier alpha value is -2.11. The molecule has 0 atom stereocenters. The number of hydrogen-bond donors (Lipinski definition) is 1. The maximum Gasteiger partial charge on any atom is 0.223 e. The van der Waals surface area contributed by atoms with E-state index in [2.05, 4.69) is 15.5 Å². The second-order valence-corrected chi connectivity index (χ2v) is 5.61. The van der Waals surface area contributed by atoms with Crippen LogP contribution in [0, 0.1) is 6.92 Å². The maximum absolute atomic E-state index is 12.3. The zero-order chi connectivity index (χ0) is 14.7. The molecule has 0 spiro atoms. The van der Waals surface area contributed by atoms with E-state index in [-0.39, 0.29) is 5.91 Å². The third-order valence-electron chi connectivity index (χ3n) is 4.01. The highest BCUT2D eigenvalue weighted by atomic mass is 16.5. The Morgan fingerprint density at radius 2 is 2.24 bits per heavy atom. The second kappa shape index (κ2) is 5.71. The highest BCUT2D eigenvalue weighted by molar-refractivity contribution is 5.77. The van der Waals surface area contributed by atoms with Crippen LogP contribution in [0.1, 0.15) is 49.4 Å². The largest absolute Gasteiger partial charge is 0.472 e. The molecule has 1 saturated carbocycles. The minimum absolute atomic E-state index is 0.0144. The number of nitrogens with one attached hydrogen (secondary N) is 1. The van der Waals surface area contributed by atoms with Crippen LogP contribution >= 0.6 is 0 Å². The lowest BCUT2D eigenvalue weighted by molar-refractivity contribution is -0.123. The molecule has 2 heterocycles. The average Bonchev–Trinajstić information content (AvgIpc) is 3.17. The molecular weight excluding hydrogens is 270 g/mol. The van der Waals surface area contributed by atoms with Gasteiger partial charge in [0, 0.05) is 13.3 Å². The molecule has 112 valence electrons. The second-order valence-electron chi connectivity index (χ2n) is 5.61. The molecule has 2 aromatic rings. The van der Waals surface area contributed by atoms with Gasteiger partial charge in [0.15, 0.2) is 5.82 Å². The van der Waals surface area contributed by atoms with Gasteiger partial charge in [0.25, 0.3) is 0 Å². The molecule has 6 heteroatoms. The van der Waals surface area contributed by atoms with Crippen molar-refractivity contribution < 1.29 is 13.7 Å². The molecule has 1 N–H and O–H groups in total. The van der Waals surface area contributed by atoms with E-state index in [1.54, 1.807) is 19.5 Å². The summed E-state index contributed by atoms with van der Waals surface area (Å²) < 4.78 is 10.1. The first kappa shape index (κ1) is 13.9. The van der Waals surface area contributed by atoms with Gasteiger partial charge in [-0.15, -0.1) is 0 Å². The molecular formula is C15H19N3O3. The van der Waals surface area contributed by atoms with Gasteiger partial charge in [0.1, 0.15) is 5.54 Å². The predicted molar refractivity (Wildman–Crippen MR) is 74.4 cm³/mol. The molecule has 6 nitrogen and oxygen atoms in total. The fourth-order valence-corrected chi connectivity index (χ4v) is 2.90. The molecule has 0 aliphatic heterocycles. The van der Waals surface area contributed by atoms with E-state index in [9.17, 15) is 4.79 Å². The maximum atomic E-state index is 12.3. The van der Waals surface area contributed by atoms with E-state index >= 15 is 0 Å². The summed E-state index contributed by atoms with van der Waals surface area (Å²) in [6, 6.07) is 1.88. The highest BCUT2D eigenvalue weighted by Gasteiger charge is 2.41. The number of nitrogens with zero attached hydrogens (tertiary/aromatic N) is 2. The first-order valence-electron chi connectivity index (χ1n) is 7.31. The normalized spacial score (nSPS) is 17.0. The Labute approximate surface area is 122 Å². The van der Waals surface area contributed by atoms with Crippen LogP contribution in [0.25, 0.3) is 0 Å².